The summed E-state index contributed by atoms with van der Waals surface area (Å²) in [5.41, 5.74) is 2.43. The summed E-state index contributed by atoms with van der Waals surface area (Å²) in [5.74, 6) is -2.32. The van der Waals surface area contributed by atoms with Crippen molar-refractivity contribution in [2.75, 3.05) is 19.5 Å². The second kappa shape index (κ2) is 19.1. The molecule has 1 saturated heterocycles. The van der Waals surface area contributed by atoms with Crippen molar-refractivity contribution in [2.24, 2.45) is 11.8 Å². The number of halogens is 1. The monoisotopic (exact) mass is 873 g/mol. The summed E-state index contributed by atoms with van der Waals surface area (Å²) in [6.07, 6.45) is -1.89. The number of aliphatic hydroxyl groups is 1. The summed E-state index contributed by atoms with van der Waals surface area (Å²) < 4.78 is 35.2. The zero-order valence-electron chi connectivity index (χ0n) is 34.5. The molecule has 9 nitrogen and oxygen atoms in total. The predicted octanol–water partition coefficient (Wildman–Crippen LogP) is 7.69. The SMILES string of the molecule is COc1ccc(COC(=O)C(N2C(=O)[C@H]([C@@H](C)O[Si](C)(C)C(C)(C)C)[C@H]2[C@H](CF)[C@@H](O)CSc2nncs2)=P(c2ccccc2)(c2ccccc2)c2ccccc2)cc1. The first-order chi connectivity index (χ1) is 28.2. The van der Waals surface area contributed by atoms with Crippen molar-refractivity contribution >= 4 is 71.5 Å². The van der Waals surface area contributed by atoms with Crippen LogP contribution < -0.4 is 20.7 Å². The minimum absolute atomic E-state index is 0.0973. The third-order valence-electron chi connectivity index (χ3n) is 11.5. The van der Waals surface area contributed by atoms with Crippen LogP contribution in [0, 0.1) is 11.8 Å². The van der Waals surface area contributed by atoms with Crippen molar-refractivity contribution in [3.63, 3.8) is 0 Å². The zero-order chi connectivity index (χ0) is 42.4. The van der Waals surface area contributed by atoms with E-state index in [-0.39, 0.29) is 28.7 Å². The lowest BCUT2D eigenvalue weighted by Gasteiger charge is -2.55. The molecule has 1 aliphatic rings. The van der Waals surface area contributed by atoms with Crippen LogP contribution >= 0.6 is 30.0 Å². The third-order valence-corrected chi connectivity index (χ3v) is 22.3. The number of esters is 1. The van der Waals surface area contributed by atoms with E-state index in [1.807, 2.05) is 110 Å². The predicted molar refractivity (Wildman–Crippen MR) is 241 cm³/mol. The Kier molecular flexibility index (Phi) is 14.4. The second-order valence-electron chi connectivity index (χ2n) is 16.1. The number of benzene rings is 4. The lowest BCUT2D eigenvalue weighted by molar-refractivity contribution is -0.163. The summed E-state index contributed by atoms with van der Waals surface area (Å²) in [6, 6.07) is 35.4. The van der Waals surface area contributed by atoms with Crippen LogP contribution in [0.4, 0.5) is 4.39 Å². The van der Waals surface area contributed by atoms with Crippen molar-refractivity contribution in [3.05, 3.63) is 126 Å². The smallest absolute Gasteiger partial charge is 0.356 e. The van der Waals surface area contributed by atoms with E-state index in [9.17, 15) is 5.11 Å². The molecule has 1 amide bonds. The summed E-state index contributed by atoms with van der Waals surface area (Å²) in [6.45, 7) is 8.07. The van der Waals surface area contributed by atoms with Crippen molar-refractivity contribution in [1.29, 1.82) is 0 Å². The highest BCUT2D eigenvalue weighted by atomic mass is 32.2. The maximum absolute atomic E-state index is 16.0. The van der Waals surface area contributed by atoms with Gasteiger partial charge >= 0.3 is 5.97 Å². The van der Waals surface area contributed by atoms with Gasteiger partial charge in [-0.1, -0.05) is 147 Å². The van der Waals surface area contributed by atoms with Gasteiger partial charge in [-0.05, 0) is 58.7 Å². The van der Waals surface area contributed by atoms with Crippen LogP contribution in [0.3, 0.4) is 0 Å². The van der Waals surface area contributed by atoms with Gasteiger partial charge < -0.3 is 23.9 Å². The molecule has 0 saturated carbocycles. The highest BCUT2D eigenvalue weighted by molar-refractivity contribution is 8.01. The number of ether oxygens (including phenoxy) is 2. The van der Waals surface area contributed by atoms with Gasteiger partial charge in [-0.15, -0.1) is 10.2 Å². The fourth-order valence-electron chi connectivity index (χ4n) is 7.46. The Morgan fingerprint density at radius 2 is 1.47 bits per heavy atom. The maximum atomic E-state index is 16.0. The number of rotatable bonds is 17. The Morgan fingerprint density at radius 3 is 1.93 bits per heavy atom. The van der Waals surface area contributed by atoms with Crippen molar-refractivity contribution in [3.8, 4) is 5.75 Å². The normalized spacial score (nSPS) is 17.4. The number of methoxy groups -OCH3 is 1. The zero-order valence-corrected chi connectivity index (χ0v) is 38.1. The fourth-order valence-corrected chi connectivity index (χ4v) is 14.8. The molecular weight excluding hydrogens is 821 g/mol. The lowest BCUT2D eigenvalue weighted by Crippen LogP contribution is -2.72. The van der Waals surface area contributed by atoms with Gasteiger partial charge in [0.15, 0.2) is 12.7 Å². The largest absolute Gasteiger partial charge is 0.497 e. The van der Waals surface area contributed by atoms with E-state index in [1.54, 1.807) is 24.8 Å². The molecule has 59 heavy (non-hydrogen) atoms. The Morgan fingerprint density at radius 1 is 0.932 bits per heavy atom. The van der Waals surface area contributed by atoms with Gasteiger partial charge in [-0.25, -0.2) is 4.79 Å². The highest BCUT2D eigenvalue weighted by Crippen LogP contribution is 2.51. The van der Waals surface area contributed by atoms with Crippen LogP contribution in [0.5, 0.6) is 5.75 Å². The molecule has 0 spiro atoms. The number of thioether (sulfide) groups is 1. The number of likely N-dealkylation sites (tertiary alicyclic amines) is 1. The molecule has 1 N–H and O–H groups in total. The first-order valence-corrected chi connectivity index (χ1v) is 26.2. The third kappa shape index (κ3) is 9.31. The molecule has 1 fully saturated rings. The summed E-state index contributed by atoms with van der Waals surface area (Å²) >= 11 is 2.60. The molecule has 0 unspecified atom stereocenters. The Hall–Kier alpha value is -4.10. The van der Waals surface area contributed by atoms with Crippen LogP contribution in [-0.2, 0) is 25.4 Å². The van der Waals surface area contributed by atoms with E-state index in [0.29, 0.717) is 15.7 Å². The number of carbonyl (C=O) groups excluding carboxylic acids is 2. The number of carbonyl (C=O) groups is 2. The summed E-state index contributed by atoms with van der Waals surface area (Å²) in [4.78, 5) is 32.3. The van der Waals surface area contributed by atoms with Crippen molar-refractivity contribution in [1.82, 2.24) is 15.1 Å². The second-order valence-corrected chi connectivity index (χ2v) is 26.3. The molecule has 5 aromatic rings. The van der Waals surface area contributed by atoms with Gasteiger partial charge in [0.25, 0.3) is 0 Å². The average molecular weight is 874 g/mol. The average Bonchev–Trinajstić information content (AvgIpc) is 3.76. The summed E-state index contributed by atoms with van der Waals surface area (Å²) in [5, 5.41) is 22.2. The van der Waals surface area contributed by atoms with E-state index >= 15 is 14.0 Å². The number of β-lactam (4-membered cyclic amide) rings is 1. The van der Waals surface area contributed by atoms with Gasteiger partial charge in [-0.3, -0.25) is 9.18 Å². The molecule has 2 heterocycles. The number of aromatic nitrogens is 2. The van der Waals surface area contributed by atoms with Gasteiger partial charge in [0, 0.05) is 18.6 Å². The van der Waals surface area contributed by atoms with Crippen LogP contribution in [0.25, 0.3) is 0 Å². The molecule has 1 aliphatic heterocycles. The molecule has 312 valence electrons. The molecule has 6 rings (SSSR count). The van der Waals surface area contributed by atoms with Crippen molar-refractivity contribution < 1.29 is 33.0 Å². The molecule has 0 radical (unpaired) electrons. The lowest BCUT2D eigenvalue weighted by atomic mass is 9.74. The number of aliphatic hydroxyl groups excluding tert-OH is 1. The quantitative estimate of drug-likeness (QED) is 0.0331. The minimum Gasteiger partial charge on any atom is -0.497 e. The van der Waals surface area contributed by atoms with Crippen LogP contribution in [0.2, 0.25) is 18.1 Å². The first kappa shape index (κ1) is 44.4. The molecular formula is C45H53FN3O6PS2Si. The number of alkyl halides is 1. The van der Waals surface area contributed by atoms with Crippen LogP contribution in [0.1, 0.15) is 33.3 Å². The summed E-state index contributed by atoms with van der Waals surface area (Å²) in [7, 11) is -0.882. The maximum Gasteiger partial charge on any atom is 0.356 e. The molecule has 14 heteroatoms. The molecule has 5 atom stereocenters. The van der Waals surface area contributed by atoms with Gasteiger partial charge in [0.2, 0.25) is 5.91 Å². The van der Waals surface area contributed by atoms with Crippen LogP contribution in [0.15, 0.2) is 125 Å². The van der Waals surface area contributed by atoms with E-state index < -0.39 is 57.9 Å². The molecule has 4 aromatic carbocycles. The number of amides is 1. The Balaban J connectivity index is 1.62. The fraction of sp³-hybridized carbons (Fsp3) is 0.356. The van der Waals surface area contributed by atoms with E-state index in [1.165, 1.54) is 28.0 Å². The van der Waals surface area contributed by atoms with Gasteiger partial charge in [-0.2, -0.15) is 0 Å². The van der Waals surface area contributed by atoms with Crippen molar-refractivity contribution in [2.45, 2.75) is 75.0 Å². The standard InChI is InChI=1S/C45H53FN3O6PS2Si/c1-31(55-59(6,7)45(2,3)4)39-40(37(27-46)38(50)29-57-44-48-47-30-58-44)49(41(39)51)42(43(52)54-28-32-23-25-33(53-5)26-24-32)56(34-17-11-8-12-18-34,35-19-13-9-14-20-35)36-21-15-10-16-22-36/h8-26,30-31,37-40,50H,27-29H2,1-7H3/t31-,37-,38+,39-,40-/m1/s1. The minimum atomic E-state index is -3.34. The molecule has 0 aliphatic carbocycles. The number of hydrogen-bond acceptors (Lipinski definition) is 10. The molecule has 0 bridgehead atoms. The number of hydrogen-bond donors (Lipinski definition) is 1. The highest BCUT2D eigenvalue weighted by Gasteiger charge is 2.60. The van der Waals surface area contributed by atoms with E-state index in [0.717, 1.165) is 15.9 Å². The van der Waals surface area contributed by atoms with E-state index in [4.69, 9.17) is 13.9 Å². The van der Waals surface area contributed by atoms with E-state index in [2.05, 4.69) is 44.1 Å². The molecule has 1 aromatic heterocycles. The number of nitrogens with zero attached hydrogens (tertiary/aromatic N) is 3. The Bertz CT molecular complexity index is 2110. The van der Waals surface area contributed by atoms with Gasteiger partial charge in [0.1, 0.15) is 23.3 Å². The van der Waals surface area contributed by atoms with Gasteiger partial charge in [0.05, 0.1) is 38.0 Å². The topological polar surface area (TPSA) is 111 Å². The Labute approximate surface area is 356 Å². The van der Waals surface area contributed by atoms with Crippen LogP contribution in [-0.4, -0.2) is 83.6 Å². The first-order valence-electron chi connectivity index (χ1n) is 19.6.